The molecule has 0 radical (unpaired) electrons. The first-order valence-electron chi connectivity index (χ1n) is 8.40. The van der Waals surface area contributed by atoms with E-state index < -0.39 is 0 Å². The average molecular weight is 403 g/mol. The Kier molecular flexibility index (Phi) is 4.29. The van der Waals surface area contributed by atoms with E-state index in [1.54, 1.807) is 6.07 Å². The van der Waals surface area contributed by atoms with Crippen LogP contribution in [0.5, 0.6) is 11.5 Å². The molecule has 0 saturated heterocycles. The number of fused-ring (bicyclic) bond motifs is 1. The Balaban J connectivity index is 1.47. The molecule has 2 N–H and O–H groups in total. The number of carbonyl (C=O) groups is 1. The summed E-state index contributed by atoms with van der Waals surface area (Å²) in [7, 11) is 0. The van der Waals surface area contributed by atoms with E-state index in [1.165, 1.54) is 0 Å². The van der Waals surface area contributed by atoms with Gasteiger partial charge in [0.1, 0.15) is 13.2 Å². The highest BCUT2D eigenvalue weighted by Gasteiger charge is 2.40. The third kappa shape index (κ3) is 3.31. The summed E-state index contributed by atoms with van der Waals surface area (Å²) < 4.78 is 12.1. The van der Waals surface area contributed by atoms with Gasteiger partial charge in [-0.25, -0.2) is 4.79 Å². The lowest BCUT2D eigenvalue weighted by Gasteiger charge is -2.43. The van der Waals surface area contributed by atoms with Gasteiger partial charge in [0.2, 0.25) is 0 Å². The topological polar surface area (TPSA) is 59.6 Å². The molecule has 130 valence electrons. The van der Waals surface area contributed by atoms with Gasteiger partial charge in [-0.3, -0.25) is 0 Å². The summed E-state index contributed by atoms with van der Waals surface area (Å²) >= 11 is 3.46. The third-order valence-electron chi connectivity index (χ3n) is 4.76. The van der Waals surface area contributed by atoms with Gasteiger partial charge in [0.15, 0.2) is 11.5 Å². The molecular weight excluding hydrogens is 384 g/mol. The quantitative estimate of drug-likeness (QED) is 0.798. The van der Waals surface area contributed by atoms with Crippen LogP contribution in [0.4, 0.5) is 10.5 Å². The number of carbonyl (C=O) groups excluding carboxylic acids is 1. The van der Waals surface area contributed by atoms with Gasteiger partial charge < -0.3 is 20.1 Å². The second-order valence-corrected chi connectivity index (χ2v) is 7.30. The lowest BCUT2D eigenvalue weighted by molar-refractivity contribution is 0.171. The van der Waals surface area contributed by atoms with Gasteiger partial charge in [0.25, 0.3) is 0 Å². The average Bonchev–Trinajstić information content (AvgIpc) is 2.59. The molecule has 1 saturated carbocycles. The highest BCUT2D eigenvalue weighted by molar-refractivity contribution is 9.10. The molecule has 1 heterocycles. The minimum Gasteiger partial charge on any atom is -0.486 e. The van der Waals surface area contributed by atoms with Crippen LogP contribution in [0.2, 0.25) is 0 Å². The van der Waals surface area contributed by atoms with Crippen molar-refractivity contribution >= 4 is 27.6 Å². The van der Waals surface area contributed by atoms with Crippen LogP contribution in [0.25, 0.3) is 0 Å². The van der Waals surface area contributed by atoms with Gasteiger partial charge in [0, 0.05) is 16.2 Å². The fourth-order valence-electron chi connectivity index (χ4n) is 3.29. The largest absolute Gasteiger partial charge is 0.486 e. The fraction of sp³-hybridized carbons (Fsp3) is 0.316. The van der Waals surface area contributed by atoms with Crippen LogP contribution in [-0.2, 0) is 5.54 Å². The van der Waals surface area contributed by atoms with Crippen molar-refractivity contribution in [2.45, 2.75) is 24.8 Å². The highest BCUT2D eigenvalue weighted by atomic mass is 79.9. The predicted molar refractivity (Wildman–Crippen MR) is 99.3 cm³/mol. The number of anilines is 1. The maximum absolute atomic E-state index is 12.5. The molecule has 0 aromatic heterocycles. The van der Waals surface area contributed by atoms with Crippen molar-refractivity contribution in [3.05, 3.63) is 52.5 Å². The van der Waals surface area contributed by atoms with E-state index in [9.17, 15) is 4.79 Å². The summed E-state index contributed by atoms with van der Waals surface area (Å²) in [5.74, 6) is 1.37. The lowest BCUT2D eigenvalue weighted by Crippen LogP contribution is -2.52. The van der Waals surface area contributed by atoms with Crippen molar-refractivity contribution < 1.29 is 14.3 Å². The van der Waals surface area contributed by atoms with Crippen LogP contribution in [0.3, 0.4) is 0 Å². The Morgan fingerprint density at radius 2 is 1.72 bits per heavy atom. The van der Waals surface area contributed by atoms with E-state index in [1.807, 2.05) is 24.3 Å². The maximum Gasteiger partial charge on any atom is 0.319 e. The number of rotatable bonds is 3. The monoisotopic (exact) mass is 402 g/mol. The first-order valence-corrected chi connectivity index (χ1v) is 9.19. The van der Waals surface area contributed by atoms with Crippen LogP contribution in [0.1, 0.15) is 24.8 Å². The molecule has 1 fully saturated rings. The first kappa shape index (κ1) is 16.3. The summed E-state index contributed by atoms with van der Waals surface area (Å²) in [5.41, 5.74) is 1.55. The van der Waals surface area contributed by atoms with Gasteiger partial charge in [-0.1, -0.05) is 28.1 Å². The summed E-state index contributed by atoms with van der Waals surface area (Å²) in [5, 5.41) is 6.06. The molecule has 4 rings (SSSR count). The second-order valence-electron chi connectivity index (χ2n) is 6.38. The van der Waals surface area contributed by atoms with Crippen LogP contribution in [-0.4, -0.2) is 19.2 Å². The molecule has 25 heavy (non-hydrogen) atoms. The molecular formula is C19H19BrN2O3. The van der Waals surface area contributed by atoms with E-state index in [-0.39, 0.29) is 11.6 Å². The van der Waals surface area contributed by atoms with Gasteiger partial charge >= 0.3 is 6.03 Å². The molecule has 0 atom stereocenters. The van der Waals surface area contributed by atoms with Crippen molar-refractivity contribution in [1.29, 1.82) is 0 Å². The van der Waals surface area contributed by atoms with E-state index in [0.717, 1.165) is 29.3 Å². The zero-order valence-electron chi connectivity index (χ0n) is 13.7. The van der Waals surface area contributed by atoms with Crippen molar-refractivity contribution in [1.82, 2.24) is 5.32 Å². The number of benzene rings is 2. The first-order chi connectivity index (χ1) is 12.1. The minimum absolute atomic E-state index is 0.209. The van der Waals surface area contributed by atoms with Crippen molar-refractivity contribution in [2.24, 2.45) is 0 Å². The molecule has 0 bridgehead atoms. The molecule has 2 aromatic carbocycles. The molecule has 6 heteroatoms. The highest BCUT2D eigenvalue weighted by Crippen LogP contribution is 2.41. The predicted octanol–water partition coefficient (Wildman–Crippen LogP) is 4.42. The summed E-state index contributed by atoms with van der Waals surface area (Å²) in [6.45, 7) is 1.07. The van der Waals surface area contributed by atoms with Gasteiger partial charge in [-0.05, 0) is 49.1 Å². The number of hydrogen-bond donors (Lipinski definition) is 2. The summed E-state index contributed by atoms with van der Waals surface area (Å²) in [6, 6.07) is 13.4. The SMILES string of the molecule is O=C(Nc1ccc2c(c1)OCCO2)NC1(c2ccc(Br)cc2)CCC1. The summed E-state index contributed by atoms with van der Waals surface area (Å²) in [4.78, 5) is 12.5. The van der Waals surface area contributed by atoms with E-state index in [0.29, 0.717) is 30.4 Å². The Hall–Kier alpha value is -2.21. The standard InChI is InChI=1S/C19H19BrN2O3/c20-14-4-2-13(3-5-14)19(8-1-9-19)22-18(23)21-15-6-7-16-17(12-15)25-11-10-24-16/h2-7,12H,1,8-11H2,(H2,21,22,23). The minimum atomic E-state index is -0.279. The van der Waals surface area contributed by atoms with Crippen molar-refractivity contribution in [2.75, 3.05) is 18.5 Å². The van der Waals surface area contributed by atoms with E-state index in [4.69, 9.17) is 9.47 Å². The molecule has 5 nitrogen and oxygen atoms in total. The molecule has 2 aromatic rings. The summed E-state index contributed by atoms with van der Waals surface area (Å²) in [6.07, 6.45) is 3.01. The van der Waals surface area contributed by atoms with Crippen LogP contribution >= 0.6 is 15.9 Å². The van der Waals surface area contributed by atoms with Gasteiger partial charge in [-0.15, -0.1) is 0 Å². The second kappa shape index (κ2) is 6.59. The number of hydrogen-bond acceptors (Lipinski definition) is 3. The zero-order valence-corrected chi connectivity index (χ0v) is 15.3. The number of urea groups is 1. The Morgan fingerprint density at radius 1 is 1.00 bits per heavy atom. The smallest absolute Gasteiger partial charge is 0.319 e. The Morgan fingerprint density at radius 3 is 2.40 bits per heavy atom. The number of halogens is 1. The van der Waals surface area contributed by atoms with Gasteiger partial charge in [0.05, 0.1) is 5.54 Å². The molecule has 0 spiro atoms. The van der Waals surface area contributed by atoms with Crippen LogP contribution < -0.4 is 20.1 Å². The number of nitrogens with one attached hydrogen (secondary N) is 2. The van der Waals surface area contributed by atoms with Gasteiger partial charge in [-0.2, -0.15) is 0 Å². The Bertz CT molecular complexity index is 788. The molecule has 1 aliphatic carbocycles. The Labute approximate surface area is 154 Å². The van der Waals surface area contributed by atoms with Crippen molar-refractivity contribution in [3.63, 3.8) is 0 Å². The van der Waals surface area contributed by atoms with Crippen LogP contribution in [0, 0.1) is 0 Å². The fourth-order valence-corrected chi connectivity index (χ4v) is 3.55. The molecule has 1 aliphatic heterocycles. The van der Waals surface area contributed by atoms with E-state index >= 15 is 0 Å². The molecule has 0 unspecified atom stereocenters. The van der Waals surface area contributed by atoms with Crippen molar-refractivity contribution in [3.8, 4) is 11.5 Å². The maximum atomic E-state index is 12.5. The van der Waals surface area contributed by atoms with Crippen LogP contribution in [0.15, 0.2) is 46.9 Å². The lowest BCUT2D eigenvalue weighted by atomic mass is 9.72. The molecule has 2 aliphatic rings. The number of amides is 2. The number of ether oxygens (including phenoxy) is 2. The van der Waals surface area contributed by atoms with E-state index in [2.05, 4.69) is 38.7 Å². The zero-order chi connectivity index (χ0) is 17.3. The third-order valence-corrected chi connectivity index (χ3v) is 5.29. The normalized spacial score (nSPS) is 17.3. The molecule has 2 amide bonds.